The Morgan fingerprint density at radius 3 is 2.83 bits per heavy atom. The molecule has 0 radical (unpaired) electrons. The standard InChI is InChI=1S/C14H22BrN3/c1-11-10-17(2)6-3-7-18(11)14-5-4-12(9-16)8-13(14)15/h4-5,8,11H,3,6-7,9-10,16H2,1-2H3. The molecule has 4 heteroatoms. The average molecular weight is 312 g/mol. The van der Waals surface area contributed by atoms with Crippen molar-refractivity contribution < 1.29 is 0 Å². The van der Waals surface area contributed by atoms with E-state index in [-0.39, 0.29) is 0 Å². The first kappa shape index (κ1) is 13.8. The first-order valence-corrected chi connectivity index (χ1v) is 7.35. The van der Waals surface area contributed by atoms with Crippen molar-refractivity contribution in [1.82, 2.24) is 4.90 Å². The van der Waals surface area contributed by atoms with Crippen molar-refractivity contribution in [3.05, 3.63) is 28.2 Å². The van der Waals surface area contributed by atoms with E-state index in [9.17, 15) is 0 Å². The van der Waals surface area contributed by atoms with E-state index in [1.165, 1.54) is 24.2 Å². The Kier molecular flexibility index (Phi) is 4.65. The van der Waals surface area contributed by atoms with Gasteiger partial charge in [-0.25, -0.2) is 0 Å². The summed E-state index contributed by atoms with van der Waals surface area (Å²) >= 11 is 3.68. The van der Waals surface area contributed by atoms with Crippen molar-refractivity contribution in [2.45, 2.75) is 25.9 Å². The molecule has 2 rings (SSSR count). The molecule has 1 atom stereocenters. The molecule has 1 aromatic rings. The molecular formula is C14H22BrN3. The van der Waals surface area contributed by atoms with Gasteiger partial charge in [0.1, 0.15) is 0 Å². The van der Waals surface area contributed by atoms with Crippen LogP contribution in [0, 0.1) is 0 Å². The maximum Gasteiger partial charge on any atom is 0.0513 e. The SMILES string of the molecule is CC1CN(C)CCCN1c1ccc(CN)cc1Br. The molecule has 1 unspecified atom stereocenters. The molecule has 18 heavy (non-hydrogen) atoms. The third-order valence-electron chi connectivity index (χ3n) is 3.60. The molecule has 2 N–H and O–H groups in total. The topological polar surface area (TPSA) is 32.5 Å². The summed E-state index contributed by atoms with van der Waals surface area (Å²) in [6.07, 6.45) is 1.21. The van der Waals surface area contributed by atoms with Crippen LogP contribution < -0.4 is 10.6 Å². The van der Waals surface area contributed by atoms with Crippen molar-refractivity contribution in [3.63, 3.8) is 0 Å². The van der Waals surface area contributed by atoms with E-state index in [0.717, 1.165) is 17.6 Å². The fraction of sp³-hybridized carbons (Fsp3) is 0.571. The average Bonchev–Trinajstić information content (AvgIpc) is 2.50. The van der Waals surface area contributed by atoms with Crippen LogP contribution >= 0.6 is 15.9 Å². The zero-order chi connectivity index (χ0) is 13.1. The monoisotopic (exact) mass is 311 g/mol. The number of benzene rings is 1. The number of hydrogen-bond acceptors (Lipinski definition) is 3. The van der Waals surface area contributed by atoms with Crippen LogP contribution in [0.4, 0.5) is 5.69 Å². The molecule has 0 amide bonds. The fourth-order valence-corrected chi connectivity index (χ4v) is 3.29. The first-order chi connectivity index (χ1) is 8.61. The lowest BCUT2D eigenvalue weighted by molar-refractivity contribution is 0.337. The second-order valence-corrected chi connectivity index (χ2v) is 6.00. The molecule has 0 bridgehead atoms. The van der Waals surface area contributed by atoms with Gasteiger partial charge in [0, 0.05) is 30.1 Å². The Morgan fingerprint density at radius 2 is 2.17 bits per heavy atom. The third kappa shape index (κ3) is 3.05. The lowest BCUT2D eigenvalue weighted by Crippen LogP contribution is -2.38. The van der Waals surface area contributed by atoms with Crippen LogP contribution in [0.2, 0.25) is 0 Å². The van der Waals surface area contributed by atoms with Gasteiger partial charge in [0.25, 0.3) is 0 Å². The summed E-state index contributed by atoms with van der Waals surface area (Å²) in [4.78, 5) is 4.90. The normalized spacial score (nSPS) is 22.0. The van der Waals surface area contributed by atoms with E-state index in [0.29, 0.717) is 12.6 Å². The van der Waals surface area contributed by atoms with Gasteiger partial charge >= 0.3 is 0 Å². The van der Waals surface area contributed by atoms with Gasteiger partial charge in [0.05, 0.1) is 5.69 Å². The molecule has 0 aliphatic carbocycles. The summed E-state index contributed by atoms with van der Waals surface area (Å²) < 4.78 is 1.15. The number of nitrogens with zero attached hydrogens (tertiary/aromatic N) is 2. The largest absolute Gasteiger partial charge is 0.367 e. The number of anilines is 1. The second-order valence-electron chi connectivity index (χ2n) is 5.15. The summed E-state index contributed by atoms with van der Waals surface area (Å²) in [5.41, 5.74) is 8.14. The van der Waals surface area contributed by atoms with Crippen LogP contribution in [0.1, 0.15) is 18.9 Å². The van der Waals surface area contributed by atoms with Gasteiger partial charge in [0.2, 0.25) is 0 Å². The Balaban J connectivity index is 2.24. The highest BCUT2D eigenvalue weighted by Crippen LogP contribution is 2.30. The predicted molar refractivity (Wildman–Crippen MR) is 81.0 cm³/mol. The molecule has 1 heterocycles. The summed E-state index contributed by atoms with van der Waals surface area (Å²) in [6.45, 7) is 6.30. The van der Waals surface area contributed by atoms with E-state index in [1.54, 1.807) is 0 Å². The van der Waals surface area contributed by atoms with Crippen molar-refractivity contribution in [2.75, 3.05) is 31.6 Å². The minimum atomic E-state index is 0.539. The smallest absolute Gasteiger partial charge is 0.0513 e. The number of hydrogen-bond donors (Lipinski definition) is 1. The van der Waals surface area contributed by atoms with Gasteiger partial charge in [-0.15, -0.1) is 0 Å². The van der Waals surface area contributed by atoms with Gasteiger partial charge in [0.15, 0.2) is 0 Å². The quantitative estimate of drug-likeness (QED) is 0.910. The van der Waals surface area contributed by atoms with Crippen LogP contribution in [0.5, 0.6) is 0 Å². The highest BCUT2D eigenvalue weighted by atomic mass is 79.9. The summed E-state index contributed by atoms with van der Waals surface area (Å²) in [5, 5.41) is 0. The van der Waals surface area contributed by atoms with Gasteiger partial charge in [-0.1, -0.05) is 6.07 Å². The Hall–Kier alpha value is -0.580. The van der Waals surface area contributed by atoms with E-state index in [1.807, 2.05) is 0 Å². The highest BCUT2D eigenvalue weighted by molar-refractivity contribution is 9.10. The Morgan fingerprint density at radius 1 is 1.39 bits per heavy atom. The number of rotatable bonds is 2. The van der Waals surface area contributed by atoms with Gasteiger partial charge in [-0.2, -0.15) is 0 Å². The maximum absolute atomic E-state index is 5.68. The molecule has 1 fully saturated rings. The summed E-state index contributed by atoms with van der Waals surface area (Å²) in [6, 6.07) is 6.99. The minimum absolute atomic E-state index is 0.539. The van der Waals surface area contributed by atoms with E-state index >= 15 is 0 Å². The van der Waals surface area contributed by atoms with Gasteiger partial charge < -0.3 is 15.5 Å². The first-order valence-electron chi connectivity index (χ1n) is 6.55. The zero-order valence-corrected chi connectivity index (χ0v) is 12.8. The van der Waals surface area contributed by atoms with Crippen LogP contribution in [0.25, 0.3) is 0 Å². The van der Waals surface area contributed by atoms with Crippen molar-refractivity contribution in [2.24, 2.45) is 5.73 Å². The predicted octanol–water partition coefficient (Wildman–Crippen LogP) is 2.44. The molecular weight excluding hydrogens is 290 g/mol. The highest BCUT2D eigenvalue weighted by Gasteiger charge is 2.21. The Bertz CT molecular complexity index is 408. The minimum Gasteiger partial charge on any atom is -0.367 e. The molecule has 0 spiro atoms. The van der Waals surface area contributed by atoms with Crippen molar-refractivity contribution >= 4 is 21.6 Å². The van der Waals surface area contributed by atoms with Crippen LogP contribution in [0.15, 0.2) is 22.7 Å². The molecule has 1 saturated heterocycles. The molecule has 1 aliphatic heterocycles. The summed E-state index contributed by atoms with van der Waals surface area (Å²) in [5.74, 6) is 0. The van der Waals surface area contributed by atoms with Crippen LogP contribution in [-0.4, -0.2) is 37.6 Å². The summed E-state index contributed by atoms with van der Waals surface area (Å²) in [7, 11) is 2.20. The molecule has 0 aromatic heterocycles. The lowest BCUT2D eigenvalue weighted by Gasteiger charge is -2.31. The van der Waals surface area contributed by atoms with Gasteiger partial charge in [-0.05, 0) is 60.6 Å². The molecule has 3 nitrogen and oxygen atoms in total. The number of halogens is 1. The number of likely N-dealkylation sites (N-methyl/N-ethyl adjacent to an activating group) is 1. The lowest BCUT2D eigenvalue weighted by atomic mass is 10.1. The second kappa shape index (κ2) is 6.04. The van der Waals surface area contributed by atoms with E-state index < -0.39 is 0 Å². The van der Waals surface area contributed by atoms with Crippen LogP contribution in [0.3, 0.4) is 0 Å². The zero-order valence-electron chi connectivity index (χ0n) is 11.2. The molecule has 1 aromatic carbocycles. The third-order valence-corrected chi connectivity index (χ3v) is 4.24. The number of nitrogens with two attached hydrogens (primary N) is 1. The van der Waals surface area contributed by atoms with E-state index in [4.69, 9.17) is 5.73 Å². The van der Waals surface area contributed by atoms with Crippen molar-refractivity contribution in [3.8, 4) is 0 Å². The molecule has 1 aliphatic rings. The van der Waals surface area contributed by atoms with Crippen molar-refractivity contribution in [1.29, 1.82) is 0 Å². The fourth-order valence-electron chi connectivity index (χ4n) is 2.64. The Labute approximate surface area is 118 Å². The van der Waals surface area contributed by atoms with Crippen LogP contribution in [-0.2, 0) is 6.54 Å². The van der Waals surface area contributed by atoms with Gasteiger partial charge in [-0.3, -0.25) is 0 Å². The molecule has 100 valence electrons. The maximum atomic E-state index is 5.68. The molecule has 0 saturated carbocycles. The van der Waals surface area contributed by atoms with E-state index in [2.05, 4.69) is 57.9 Å².